The molecule has 0 aliphatic rings. The third kappa shape index (κ3) is 6.78. The summed E-state index contributed by atoms with van der Waals surface area (Å²) >= 11 is 0. The maximum absolute atomic E-state index is 12.2. The molecule has 5 heteroatoms. The van der Waals surface area contributed by atoms with Crippen molar-refractivity contribution in [1.29, 1.82) is 0 Å². The number of rotatable bonds is 8. The summed E-state index contributed by atoms with van der Waals surface area (Å²) in [5.41, 5.74) is 0. The fourth-order valence-corrected chi connectivity index (χ4v) is 2.36. The molecule has 0 saturated carbocycles. The number of carboxylic acids is 1. The van der Waals surface area contributed by atoms with Crippen LogP contribution in [0.25, 0.3) is 0 Å². The fourth-order valence-electron chi connectivity index (χ4n) is 2.36. The Labute approximate surface area is 122 Å². The van der Waals surface area contributed by atoms with E-state index in [1.807, 2.05) is 13.8 Å². The van der Waals surface area contributed by atoms with Gasteiger partial charge in [0.05, 0.1) is 6.42 Å². The fraction of sp³-hybridized carbons (Fsp3) is 0.867. The van der Waals surface area contributed by atoms with E-state index in [1.54, 1.807) is 4.90 Å². The van der Waals surface area contributed by atoms with Crippen molar-refractivity contribution in [3.63, 3.8) is 0 Å². The maximum Gasteiger partial charge on any atom is 0.317 e. The Morgan fingerprint density at radius 1 is 1.05 bits per heavy atom. The number of hydrogen-bond acceptors (Lipinski definition) is 2. The van der Waals surface area contributed by atoms with Gasteiger partial charge >= 0.3 is 12.0 Å². The van der Waals surface area contributed by atoms with E-state index >= 15 is 0 Å². The zero-order chi connectivity index (χ0) is 15.9. The first-order valence-electron chi connectivity index (χ1n) is 7.43. The topological polar surface area (TPSA) is 69.6 Å². The minimum absolute atomic E-state index is 0.00843. The monoisotopic (exact) mass is 286 g/mol. The van der Waals surface area contributed by atoms with Crippen molar-refractivity contribution >= 4 is 12.0 Å². The molecule has 2 amide bonds. The minimum Gasteiger partial charge on any atom is -0.481 e. The number of nitrogens with one attached hydrogen (secondary N) is 1. The van der Waals surface area contributed by atoms with Crippen LogP contribution < -0.4 is 5.32 Å². The highest BCUT2D eigenvalue weighted by Gasteiger charge is 2.21. The van der Waals surface area contributed by atoms with Crippen LogP contribution in [0.15, 0.2) is 0 Å². The quantitative estimate of drug-likeness (QED) is 0.721. The van der Waals surface area contributed by atoms with Gasteiger partial charge in [0.1, 0.15) is 0 Å². The number of nitrogens with zero attached hydrogens (tertiary/aromatic N) is 1. The summed E-state index contributed by atoms with van der Waals surface area (Å²) in [7, 11) is 0. The Bertz CT molecular complexity index is 306. The van der Waals surface area contributed by atoms with Gasteiger partial charge in [-0.3, -0.25) is 4.79 Å². The van der Waals surface area contributed by atoms with Crippen molar-refractivity contribution in [1.82, 2.24) is 10.2 Å². The van der Waals surface area contributed by atoms with Crippen molar-refractivity contribution in [2.45, 2.75) is 54.0 Å². The average Bonchev–Trinajstić information content (AvgIpc) is 2.27. The predicted octanol–water partition coefficient (Wildman–Crippen LogP) is 2.81. The van der Waals surface area contributed by atoms with Crippen molar-refractivity contribution in [3.8, 4) is 0 Å². The predicted molar refractivity (Wildman–Crippen MR) is 80.7 cm³/mol. The van der Waals surface area contributed by atoms with Crippen LogP contribution >= 0.6 is 0 Å². The van der Waals surface area contributed by atoms with Crippen molar-refractivity contribution in [2.75, 3.05) is 13.1 Å². The van der Waals surface area contributed by atoms with E-state index in [0.717, 1.165) is 0 Å². The number of aliphatic carboxylic acids is 1. The zero-order valence-electron chi connectivity index (χ0n) is 13.6. The molecule has 0 aromatic carbocycles. The molecule has 0 rings (SSSR count). The molecule has 0 saturated heterocycles. The van der Waals surface area contributed by atoms with Crippen LogP contribution in [0.5, 0.6) is 0 Å². The number of urea groups is 1. The maximum atomic E-state index is 12.2. The Balaban J connectivity index is 4.49. The Hall–Kier alpha value is -1.26. The first-order valence-corrected chi connectivity index (χ1v) is 7.43. The Kier molecular flexibility index (Phi) is 8.26. The Morgan fingerprint density at radius 3 is 1.90 bits per heavy atom. The van der Waals surface area contributed by atoms with E-state index < -0.39 is 5.97 Å². The van der Waals surface area contributed by atoms with Crippen molar-refractivity contribution in [2.24, 2.45) is 17.8 Å². The van der Waals surface area contributed by atoms with E-state index in [-0.39, 0.29) is 25.0 Å². The van der Waals surface area contributed by atoms with Crippen molar-refractivity contribution in [3.05, 3.63) is 0 Å². The van der Waals surface area contributed by atoms with Gasteiger partial charge in [0.2, 0.25) is 0 Å². The van der Waals surface area contributed by atoms with Gasteiger partial charge in [-0.15, -0.1) is 0 Å². The summed E-state index contributed by atoms with van der Waals surface area (Å²) in [4.78, 5) is 24.4. The highest BCUT2D eigenvalue weighted by molar-refractivity contribution is 5.75. The molecule has 5 nitrogen and oxygen atoms in total. The third-order valence-electron chi connectivity index (χ3n) is 3.65. The SMILES string of the molecule is CC(C)C(CNC(=O)N(CCC(=O)O)C(C)C)C(C)C. The first-order chi connectivity index (χ1) is 9.16. The molecule has 20 heavy (non-hydrogen) atoms. The molecule has 0 aromatic rings. The molecular weight excluding hydrogens is 256 g/mol. The number of hydrogen-bond donors (Lipinski definition) is 2. The summed E-state index contributed by atoms with van der Waals surface area (Å²) < 4.78 is 0. The lowest BCUT2D eigenvalue weighted by Crippen LogP contribution is -2.47. The van der Waals surface area contributed by atoms with E-state index in [4.69, 9.17) is 5.11 Å². The average molecular weight is 286 g/mol. The van der Waals surface area contributed by atoms with E-state index in [2.05, 4.69) is 33.0 Å². The molecule has 0 fully saturated rings. The van der Waals surface area contributed by atoms with Crippen LogP contribution in [0.3, 0.4) is 0 Å². The lowest BCUT2D eigenvalue weighted by Gasteiger charge is -2.29. The van der Waals surface area contributed by atoms with Gasteiger partial charge in [-0.2, -0.15) is 0 Å². The lowest BCUT2D eigenvalue weighted by atomic mass is 9.85. The second-order valence-corrected chi connectivity index (χ2v) is 6.27. The highest BCUT2D eigenvalue weighted by atomic mass is 16.4. The molecule has 0 heterocycles. The first kappa shape index (κ1) is 18.7. The Morgan fingerprint density at radius 2 is 1.55 bits per heavy atom. The summed E-state index contributed by atoms with van der Waals surface area (Å²) in [6.45, 7) is 13.3. The molecule has 0 bridgehead atoms. The third-order valence-corrected chi connectivity index (χ3v) is 3.65. The van der Waals surface area contributed by atoms with Gasteiger partial charge in [-0.05, 0) is 31.6 Å². The van der Waals surface area contributed by atoms with Gasteiger partial charge in [0, 0.05) is 19.1 Å². The number of amides is 2. The molecule has 0 aliphatic carbocycles. The molecule has 118 valence electrons. The standard InChI is InChI=1S/C15H30N2O3/c1-10(2)13(11(3)4)9-16-15(20)17(12(5)6)8-7-14(18)19/h10-13H,7-9H2,1-6H3,(H,16,20)(H,18,19). The zero-order valence-corrected chi connectivity index (χ0v) is 13.6. The molecule has 0 aliphatic heterocycles. The van der Waals surface area contributed by atoms with Crippen LogP contribution in [0.2, 0.25) is 0 Å². The molecule has 0 unspecified atom stereocenters. The molecule has 0 spiro atoms. The van der Waals surface area contributed by atoms with Gasteiger partial charge in [0.25, 0.3) is 0 Å². The lowest BCUT2D eigenvalue weighted by molar-refractivity contribution is -0.137. The smallest absolute Gasteiger partial charge is 0.317 e. The van der Waals surface area contributed by atoms with Crippen molar-refractivity contribution < 1.29 is 14.7 Å². The summed E-state index contributed by atoms with van der Waals surface area (Å²) in [5.74, 6) is 0.543. The molecule has 2 N–H and O–H groups in total. The van der Waals surface area contributed by atoms with E-state index in [1.165, 1.54) is 0 Å². The van der Waals surface area contributed by atoms with E-state index in [9.17, 15) is 9.59 Å². The molecule has 0 aromatic heterocycles. The van der Waals surface area contributed by atoms with Crippen LogP contribution in [0.1, 0.15) is 48.0 Å². The highest BCUT2D eigenvalue weighted by Crippen LogP contribution is 2.19. The van der Waals surface area contributed by atoms with Gasteiger partial charge in [-0.1, -0.05) is 27.7 Å². The number of carbonyl (C=O) groups is 2. The van der Waals surface area contributed by atoms with E-state index in [0.29, 0.717) is 24.3 Å². The number of carboxylic acid groups (broad SMARTS) is 1. The number of carbonyl (C=O) groups excluding carboxylic acids is 1. The molecular formula is C15H30N2O3. The summed E-state index contributed by atoms with van der Waals surface area (Å²) in [5, 5.41) is 11.7. The normalized spacial score (nSPS) is 11.5. The van der Waals surface area contributed by atoms with Gasteiger partial charge in [0.15, 0.2) is 0 Å². The van der Waals surface area contributed by atoms with Gasteiger partial charge < -0.3 is 15.3 Å². The largest absolute Gasteiger partial charge is 0.481 e. The second kappa shape index (κ2) is 8.82. The summed E-state index contributed by atoms with van der Waals surface area (Å²) in [6, 6.07) is -0.182. The second-order valence-electron chi connectivity index (χ2n) is 6.27. The van der Waals surface area contributed by atoms with Crippen LogP contribution in [0, 0.1) is 17.8 Å². The van der Waals surface area contributed by atoms with Crippen LogP contribution in [-0.2, 0) is 4.79 Å². The molecule has 0 atom stereocenters. The van der Waals surface area contributed by atoms with Gasteiger partial charge in [-0.25, -0.2) is 4.79 Å². The van der Waals surface area contributed by atoms with Crippen LogP contribution in [-0.4, -0.2) is 41.1 Å². The van der Waals surface area contributed by atoms with Crippen LogP contribution in [0.4, 0.5) is 4.79 Å². The molecule has 0 radical (unpaired) electrons. The minimum atomic E-state index is -0.884. The summed E-state index contributed by atoms with van der Waals surface area (Å²) in [6.07, 6.45) is -0.0244.